The molecule has 9 heteroatoms. The number of benzene rings is 2. The zero-order valence-corrected chi connectivity index (χ0v) is 25.0. The Balaban J connectivity index is 0.00000123. The summed E-state index contributed by atoms with van der Waals surface area (Å²) >= 11 is 0. The van der Waals surface area contributed by atoms with Crippen LogP contribution in [0.5, 0.6) is 11.5 Å². The number of nitrogens with zero attached hydrogens (tertiary/aromatic N) is 4. The van der Waals surface area contributed by atoms with Crippen LogP contribution in [0.15, 0.2) is 73.6 Å². The Kier molecular flexibility index (Phi) is 10.1. The number of likely N-dealkylation sites (tertiary alicyclic amines) is 1. The lowest BCUT2D eigenvalue weighted by Crippen LogP contribution is -2.37. The zero-order chi connectivity index (χ0) is 30.9. The molecule has 6 rings (SSSR count). The van der Waals surface area contributed by atoms with Crippen LogP contribution in [0.4, 0.5) is 5.82 Å². The minimum Gasteiger partial charge on any atom is -0.457 e. The third kappa shape index (κ3) is 6.82. The van der Waals surface area contributed by atoms with E-state index >= 15 is 0 Å². The summed E-state index contributed by atoms with van der Waals surface area (Å²) in [7, 11) is 0. The van der Waals surface area contributed by atoms with Gasteiger partial charge in [-0.1, -0.05) is 42.8 Å². The van der Waals surface area contributed by atoms with Gasteiger partial charge in [0.25, 0.3) is 0 Å². The van der Waals surface area contributed by atoms with E-state index in [-0.39, 0.29) is 17.9 Å². The summed E-state index contributed by atoms with van der Waals surface area (Å²) in [6.45, 7) is 8.32. The Hall–Kier alpha value is -4.94. The van der Waals surface area contributed by atoms with Gasteiger partial charge < -0.3 is 30.0 Å². The minimum absolute atomic E-state index is 0.0153. The van der Waals surface area contributed by atoms with E-state index in [1.807, 2.05) is 47.4 Å². The Morgan fingerprint density at radius 3 is 2.34 bits per heavy atom. The maximum atomic E-state index is 12.1. The summed E-state index contributed by atoms with van der Waals surface area (Å²) in [5, 5.41) is 4.30. The van der Waals surface area contributed by atoms with Crippen molar-refractivity contribution >= 4 is 29.0 Å². The first-order valence-corrected chi connectivity index (χ1v) is 15.0. The number of piperidine rings is 2. The quantitative estimate of drug-likeness (QED) is 0.182. The zero-order valence-electron chi connectivity index (χ0n) is 25.0. The third-order valence-electron chi connectivity index (χ3n) is 7.98. The van der Waals surface area contributed by atoms with Crippen LogP contribution in [0.25, 0.3) is 22.2 Å². The highest BCUT2D eigenvalue weighted by Gasteiger charge is 2.27. The van der Waals surface area contributed by atoms with Crippen molar-refractivity contribution in [3.63, 3.8) is 0 Å². The summed E-state index contributed by atoms with van der Waals surface area (Å²) in [4.78, 5) is 31.8. The lowest BCUT2D eigenvalue weighted by Gasteiger charge is -2.29. The fraction of sp³-hybridized carbons (Fsp3) is 0.314. The van der Waals surface area contributed by atoms with Crippen molar-refractivity contribution in [2.24, 2.45) is 5.92 Å². The van der Waals surface area contributed by atoms with E-state index < -0.39 is 0 Å². The molecule has 0 aliphatic carbocycles. The van der Waals surface area contributed by atoms with Crippen LogP contribution >= 0.6 is 0 Å². The minimum atomic E-state index is -0.0153. The molecule has 0 atom stereocenters. The molecule has 2 aromatic heterocycles. The highest BCUT2D eigenvalue weighted by Crippen LogP contribution is 2.40. The number of amides is 1. The molecule has 1 amide bonds. The molecular formula is C35H38N6O3. The molecule has 9 nitrogen and oxygen atoms in total. The van der Waals surface area contributed by atoms with Crippen LogP contribution in [0, 0.1) is 17.8 Å². The molecule has 44 heavy (non-hydrogen) atoms. The molecule has 0 bridgehead atoms. The summed E-state index contributed by atoms with van der Waals surface area (Å²) in [6.07, 6.45) is 7.31. The lowest BCUT2D eigenvalue weighted by molar-refractivity contribution is -0.127. The van der Waals surface area contributed by atoms with Gasteiger partial charge in [-0.25, -0.2) is 9.97 Å². The van der Waals surface area contributed by atoms with Crippen molar-refractivity contribution in [1.29, 1.82) is 0 Å². The number of carbonyl (C=O) groups is 2. The number of anilines is 1. The highest BCUT2D eigenvalue weighted by atomic mass is 16.5. The van der Waals surface area contributed by atoms with Crippen molar-refractivity contribution in [3.05, 3.63) is 79.3 Å². The highest BCUT2D eigenvalue weighted by molar-refractivity contribution is 6.03. The summed E-state index contributed by atoms with van der Waals surface area (Å²) in [5.41, 5.74) is 10.2. The second-order valence-corrected chi connectivity index (χ2v) is 10.8. The molecule has 2 aromatic carbocycles. The smallest absolute Gasteiger partial charge is 0.245 e. The Morgan fingerprint density at radius 2 is 1.68 bits per heavy atom. The maximum Gasteiger partial charge on any atom is 0.245 e. The number of nitrogens with two attached hydrogens (primary N) is 1. The van der Waals surface area contributed by atoms with Crippen LogP contribution in [0.3, 0.4) is 0 Å². The van der Waals surface area contributed by atoms with Crippen LogP contribution < -0.4 is 15.8 Å². The second-order valence-electron chi connectivity index (χ2n) is 10.8. The van der Waals surface area contributed by atoms with E-state index in [0.717, 1.165) is 84.4 Å². The van der Waals surface area contributed by atoms with Crippen LogP contribution in [-0.4, -0.2) is 57.8 Å². The Labute approximate surface area is 258 Å². The van der Waals surface area contributed by atoms with Gasteiger partial charge in [0, 0.05) is 30.6 Å². The molecule has 4 heterocycles. The summed E-state index contributed by atoms with van der Waals surface area (Å²) in [6, 6.07) is 18.0. The van der Waals surface area contributed by atoms with Gasteiger partial charge in [-0.3, -0.25) is 4.79 Å². The average molecular weight is 591 g/mol. The number of ether oxygens (including phenoxy) is 1. The normalized spacial score (nSPS) is 15.4. The van der Waals surface area contributed by atoms with E-state index in [1.54, 1.807) is 6.33 Å². The molecule has 2 saturated heterocycles. The number of hydrogen-bond donors (Lipinski definition) is 2. The third-order valence-corrected chi connectivity index (χ3v) is 7.98. The van der Waals surface area contributed by atoms with Crippen LogP contribution in [-0.2, 0) is 9.59 Å². The number of carbonyl (C=O) groups excluding carboxylic acids is 2. The fourth-order valence-corrected chi connectivity index (χ4v) is 5.84. The van der Waals surface area contributed by atoms with E-state index in [2.05, 4.69) is 45.4 Å². The number of fused-ring (bicyclic) bond motifs is 1. The SMILES string of the molecule is C=CC(=O)N1CCC(C#Cc2c(-c3ccc(Oc4ccccc4)cc3)c3c(N)ncnc3n2C2CCNCC2)CC1.CC=O. The lowest BCUT2D eigenvalue weighted by atomic mass is 9.96. The molecular weight excluding hydrogens is 552 g/mol. The van der Waals surface area contributed by atoms with Crippen molar-refractivity contribution in [2.45, 2.75) is 38.6 Å². The molecule has 0 saturated carbocycles. The van der Waals surface area contributed by atoms with Gasteiger partial charge in [0.15, 0.2) is 0 Å². The number of hydrogen-bond acceptors (Lipinski definition) is 7. The number of aromatic nitrogens is 3. The largest absolute Gasteiger partial charge is 0.457 e. The van der Waals surface area contributed by atoms with E-state index in [4.69, 9.17) is 20.2 Å². The number of nitrogens with one attached hydrogen (secondary N) is 1. The Morgan fingerprint density at radius 1 is 1.02 bits per heavy atom. The molecule has 0 spiro atoms. The van der Waals surface area contributed by atoms with Gasteiger partial charge >= 0.3 is 0 Å². The maximum absolute atomic E-state index is 12.1. The Bertz CT molecular complexity index is 1660. The number of nitrogen functional groups attached to an aromatic ring is 1. The monoisotopic (exact) mass is 590 g/mol. The number of rotatable bonds is 5. The van der Waals surface area contributed by atoms with E-state index in [0.29, 0.717) is 18.9 Å². The van der Waals surface area contributed by atoms with E-state index in [9.17, 15) is 4.79 Å². The topological polar surface area (TPSA) is 115 Å². The van der Waals surface area contributed by atoms with Gasteiger partial charge in [0.1, 0.15) is 41.3 Å². The first kappa shape index (κ1) is 30.5. The van der Waals surface area contributed by atoms with Crippen molar-refractivity contribution in [3.8, 4) is 34.5 Å². The number of aldehydes is 1. The predicted octanol–water partition coefficient (Wildman–Crippen LogP) is 5.38. The molecule has 3 N–H and O–H groups in total. The average Bonchev–Trinajstić information content (AvgIpc) is 3.40. The first-order chi connectivity index (χ1) is 21.5. The van der Waals surface area contributed by atoms with Crippen LogP contribution in [0.2, 0.25) is 0 Å². The molecule has 2 aliphatic rings. The van der Waals surface area contributed by atoms with Gasteiger partial charge in [0.2, 0.25) is 5.91 Å². The fourth-order valence-electron chi connectivity index (χ4n) is 5.84. The number of para-hydroxylation sites is 1. The van der Waals surface area contributed by atoms with Gasteiger partial charge in [0.05, 0.1) is 5.39 Å². The summed E-state index contributed by atoms with van der Waals surface area (Å²) in [5.74, 6) is 9.32. The van der Waals surface area contributed by atoms with E-state index in [1.165, 1.54) is 13.0 Å². The molecule has 226 valence electrons. The standard InChI is InChI=1S/C33H34N6O2.C2H4O/c1-2-29(40)38-20-16-23(17-21-38)8-13-28-30(24-9-11-27(12-10-24)41-26-6-4-3-5-7-26)31-32(34)36-22-37-33(31)39(28)25-14-18-35-19-15-25;1-2-3/h2-7,9-12,22-23,25,35H,1,14-21H2,(H2,34,36,37);2H,1H3. The van der Waals surface area contributed by atoms with Gasteiger partial charge in [-0.05, 0) is 87.5 Å². The molecule has 2 fully saturated rings. The van der Waals surface area contributed by atoms with Gasteiger partial charge in [-0.2, -0.15) is 0 Å². The van der Waals surface area contributed by atoms with Crippen molar-refractivity contribution < 1.29 is 14.3 Å². The van der Waals surface area contributed by atoms with Crippen molar-refractivity contribution in [2.75, 3.05) is 31.9 Å². The van der Waals surface area contributed by atoms with Crippen molar-refractivity contribution in [1.82, 2.24) is 24.8 Å². The first-order valence-electron chi connectivity index (χ1n) is 15.0. The predicted molar refractivity (Wildman–Crippen MR) is 173 cm³/mol. The second kappa shape index (κ2) is 14.5. The van der Waals surface area contributed by atoms with Crippen LogP contribution in [0.1, 0.15) is 44.3 Å². The molecule has 2 aliphatic heterocycles. The molecule has 0 unspecified atom stereocenters. The van der Waals surface area contributed by atoms with Gasteiger partial charge in [-0.15, -0.1) is 0 Å². The molecule has 4 aromatic rings. The summed E-state index contributed by atoms with van der Waals surface area (Å²) < 4.78 is 8.34. The molecule has 0 radical (unpaired) electrons.